The quantitative estimate of drug-likeness (QED) is 0.575. The summed E-state index contributed by atoms with van der Waals surface area (Å²) in [6.45, 7) is -0.483. The van der Waals surface area contributed by atoms with Crippen molar-refractivity contribution >= 4 is 21.3 Å². The summed E-state index contributed by atoms with van der Waals surface area (Å²) < 4.78 is 36.2. The van der Waals surface area contributed by atoms with Crippen molar-refractivity contribution in [3.8, 4) is 0 Å². The standard InChI is InChI=1S/C9H11FN2O3S/c1-16(14,15)9-6(12)3-2-5(10)8(9)7(13)4-11/h2-3H,4,11-12H2,1H3. The molecule has 16 heavy (non-hydrogen) atoms. The van der Waals surface area contributed by atoms with E-state index in [2.05, 4.69) is 0 Å². The number of Topliss-reactive ketones (excluding diaryl/α,β-unsaturated/α-hetero) is 1. The first-order chi connectivity index (χ1) is 7.29. The summed E-state index contributed by atoms with van der Waals surface area (Å²) in [5.41, 5.74) is 9.78. The lowest BCUT2D eigenvalue weighted by atomic mass is 10.1. The van der Waals surface area contributed by atoms with Gasteiger partial charge in [0.25, 0.3) is 0 Å². The Labute approximate surface area is 92.2 Å². The highest BCUT2D eigenvalue weighted by Gasteiger charge is 2.24. The number of hydrogen-bond donors (Lipinski definition) is 2. The van der Waals surface area contributed by atoms with Crippen LogP contribution in [0.5, 0.6) is 0 Å². The second-order valence-corrected chi connectivity index (χ2v) is 5.19. The summed E-state index contributed by atoms with van der Waals surface area (Å²) >= 11 is 0. The first kappa shape index (κ1) is 12.6. The van der Waals surface area contributed by atoms with E-state index in [0.29, 0.717) is 0 Å². The number of hydrogen-bond acceptors (Lipinski definition) is 5. The molecule has 88 valence electrons. The van der Waals surface area contributed by atoms with Gasteiger partial charge < -0.3 is 11.5 Å². The van der Waals surface area contributed by atoms with Crippen LogP contribution >= 0.6 is 0 Å². The zero-order valence-corrected chi connectivity index (χ0v) is 9.34. The van der Waals surface area contributed by atoms with E-state index < -0.39 is 38.4 Å². The molecule has 5 nitrogen and oxygen atoms in total. The van der Waals surface area contributed by atoms with E-state index in [1.54, 1.807) is 0 Å². The highest BCUT2D eigenvalue weighted by Crippen LogP contribution is 2.25. The van der Waals surface area contributed by atoms with Gasteiger partial charge in [0.2, 0.25) is 0 Å². The molecule has 0 spiro atoms. The molecule has 0 saturated carbocycles. The first-order valence-corrected chi connectivity index (χ1v) is 6.19. The van der Waals surface area contributed by atoms with Gasteiger partial charge in [-0.2, -0.15) is 0 Å². The molecule has 4 N–H and O–H groups in total. The van der Waals surface area contributed by atoms with Gasteiger partial charge in [-0.05, 0) is 12.1 Å². The van der Waals surface area contributed by atoms with Crippen molar-refractivity contribution < 1.29 is 17.6 Å². The molecule has 0 atom stereocenters. The smallest absolute Gasteiger partial charge is 0.180 e. The van der Waals surface area contributed by atoms with Crippen LogP contribution in [0, 0.1) is 5.82 Å². The van der Waals surface area contributed by atoms with Gasteiger partial charge in [-0.25, -0.2) is 12.8 Å². The van der Waals surface area contributed by atoms with Gasteiger partial charge >= 0.3 is 0 Å². The lowest BCUT2D eigenvalue weighted by molar-refractivity contribution is 0.0994. The second kappa shape index (κ2) is 4.18. The highest BCUT2D eigenvalue weighted by molar-refractivity contribution is 7.91. The third-order valence-electron chi connectivity index (χ3n) is 1.97. The number of anilines is 1. The van der Waals surface area contributed by atoms with Crippen molar-refractivity contribution in [1.29, 1.82) is 0 Å². The Morgan fingerprint density at radius 1 is 1.44 bits per heavy atom. The number of nitrogen functional groups attached to an aromatic ring is 1. The number of sulfone groups is 1. The van der Waals surface area contributed by atoms with Gasteiger partial charge in [0.15, 0.2) is 15.6 Å². The Hall–Kier alpha value is -1.47. The molecule has 0 heterocycles. The average Bonchev–Trinajstić information content (AvgIpc) is 2.18. The predicted molar refractivity (Wildman–Crippen MR) is 57.3 cm³/mol. The Balaban J connectivity index is 3.70. The lowest BCUT2D eigenvalue weighted by Crippen LogP contribution is -2.20. The van der Waals surface area contributed by atoms with Crippen LogP contribution in [0.3, 0.4) is 0 Å². The van der Waals surface area contributed by atoms with Crippen LogP contribution in [-0.4, -0.2) is 27.0 Å². The van der Waals surface area contributed by atoms with Crippen LogP contribution in [0.4, 0.5) is 10.1 Å². The second-order valence-electron chi connectivity index (χ2n) is 3.24. The van der Waals surface area contributed by atoms with Crippen molar-refractivity contribution in [3.63, 3.8) is 0 Å². The first-order valence-electron chi connectivity index (χ1n) is 4.30. The molecule has 1 aromatic rings. The maximum atomic E-state index is 13.4. The van der Waals surface area contributed by atoms with E-state index >= 15 is 0 Å². The molecule has 0 radical (unpaired) electrons. The van der Waals surface area contributed by atoms with Gasteiger partial charge in [0.05, 0.1) is 17.8 Å². The molecule has 7 heteroatoms. The number of nitrogens with two attached hydrogens (primary N) is 2. The third-order valence-corrected chi connectivity index (χ3v) is 3.15. The van der Waals surface area contributed by atoms with Crippen LogP contribution in [0.2, 0.25) is 0 Å². The number of carbonyl (C=O) groups excluding carboxylic acids is 1. The van der Waals surface area contributed by atoms with Crippen molar-refractivity contribution in [2.24, 2.45) is 5.73 Å². The molecule has 1 rings (SSSR count). The normalized spacial score (nSPS) is 11.4. The average molecular weight is 246 g/mol. The van der Waals surface area contributed by atoms with Crippen LogP contribution in [0.25, 0.3) is 0 Å². The van der Waals surface area contributed by atoms with Crippen LogP contribution < -0.4 is 11.5 Å². The van der Waals surface area contributed by atoms with Gasteiger partial charge in [-0.1, -0.05) is 0 Å². The van der Waals surface area contributed by atoms with Crippen LogP contribution in [0.1, 0.15) is 10.4 Å². The van der Waals surface area contributed by atoms with E-state index in [4.69, 9.17) is 11.5 Å². The van der Waals surface area contributed by atoms with E-state index in [1.165, 1.54) is 0 Å². The van der Waals surface area contributed by atoms with Crippen LogP contribution in [-0.2, 0) is 9.84 Å². The van der Waals surface area contributed by atoms with E-state index in [9.17, 15) is 17.6 Å². The summed E-state index contributed by atoms with van der Waals surface area (Å²) in [5, 5.41) is 0. The Kier molecular flexibility index (Phi) is 3.30. The molecule has 0 aliphatic rings. The van der Waals surface area contributed by atoms with Crippen molar-refractivity contribution in [2.75, 3.05) is 18.5 Å². The monoisotopic (exact) mass is 246 g/mol. The Morgan fingerprint density at radius 2 is 2.00 bits per heavy atom. The zero-order chi connectivity index (χ0) is 12.5. The lowest BCUT2D eigenvalue weighted by Gasteiger charge is -2.09. The molecule has 0 amide bonds. The molecular weight excluding hydrogens is 235 g/mol. The summed E-state index contributed by atoms with van der Waals surface area (Å²) in [4.78, 5) is 10.9. The van der Waals surface area contributed by atoms with Gasteiger partial charge in [-0.3, -0.25) is 4.79 Å². The summed E-state index contributed by atoms with van der Waals surface area (Å²) in [6, 6.07) is 2.03. The predicted octanol–water partition coefficient (Wildman–Crippen LogP) is -0.0472. The molecule has 0 bridgehead atoms. The maximum absolute atomic E-state index is 13.4. The van der Waals surface area contributed by atoms with E-state index in [0.717, 1.165) is 18.4 Å². The fourth-order valence-electron chi connectivity index (χ4n) is 1.34. The number of rotatable bonds is 3. The third kappa shape index (κ3) is 2.20. The molecule has 1 aromatic carbocycles. The topological polar surface area (TPSA) is 103 Å². The Bertz CT molecular complexity index is 540. The minimum Gasteiger partial charge on any atom is -0.398 e. The molecule has 0 unspecified atom stereocenters. The summed E-state index contributed by atoms with van der Waals surface area (Å²) in [5.74, 6) is -1.74. The molecular formula is C9H11FN2O3S. The number of carbonyl (C=O) groups is 1. The fourth-order valence-corrected chi connectivity index (χ4v) is 2.41. The number of halogens is 1. The zero-order valence-electron chi connectivity index (χ0n) is 8.53. The van der Waals surface area contributed by atoms with Crippen molar-refractivity contribution in [2.45, 2.75) is 4.90 Å². The molecule has 0 saturated heterocycles. The van der Waals surface area contributed by atoms with Crippen LogP contribution in [0.15, 0.2) is 17.0 Å². The number of benzene rings is 1. The minimum atomic E-state index is -3.78. The van der Waals surface area contributed by atoms with Gasteiger partial charge in [0.1, 0.15) is 10.7 Å². The fraction of sp³-hybridized carbons (Fsp3) is 0.222. The molecule has 0 aliphatic heterocycles. The summed E-state index contributed by atoms with van der Waals surface area (Å²) in [6.07, 6.45) is 0.853. The highest BCUT2D eigenvalue weighted by atomic mass is 32.2. The summed E-state index contributed by atoms with van der Waals surface area (Å²) in [7, 11) is -3.78. The molecule has 0 aromatic heterocycles. The van der Waals surface area contributed by atoms with Gasteiger partial charge in [-0.15, -0.1) is 0 Å². The van der Waals surface area contributed by atoms with E-state index in [1.807, 2.05) is 0 Å². The van der Waals surface area contributed by atoms with Gasteiger partial charge in [0, 0.05) is 6.26 Å². The van der Waals surface area contributed by atoms with Crippen molar-refractivity contribution in [3.05, 3.63) is 23.5 Å². The maximum Gasteiger partial charge on any atom is 0.180 e. The molecule has 0 aliphatic carbocycles. The largest absolute Gasteiger partial charge is 0.398 e. The molecule has 0 fully saturated rings. The van der Waals surface area contributed by atoms with E-state index in [-0.39, 0.29) is 5.69 Å². The van der Waals surface area contributed by atoms with Crippen molar-refractivity contribution in [1.82, 2.24) is 0 Å². The SMILES string of the molecule is CS(=O)(=O)c1c(N)ccc(F)c1C(=O)CN. The number of ketones is 1. The Morgan fingerprint density at radius 3 is 2.44 bits per heavy atom. The minimum absolute atomic E-state index is 0.166.